The van der Waals surface area contributed by atoms with E-state index in [1.165, 1.54) is 16.3 Å². The normalized spacial score (nSPS) is 18.3. The molecule has 10 rings (SSSR count). The fraction of sp³-hybridized carbons (Fsp3) is 0.0182. The van der Waals surface area contributed by atoms with Gasteiger partial charge < -0.3 is 0 Å². The zero-order valence-corrected chi connectivity index (χ0v) is 44.9. The molecule has 0 aliphatic carbocycles. The van der Waals surface area contributed by atoms with Crippen LogP contribution in [0.3, 0.4) is 0 Å². The SMILES string of the molecule is COP1(Oc2ccccc2)(Oc2ccccc2)NPNPN=P(Oc2ccccc2)(Oc2ccccc2)N(Oc2ccccc2)P(Oc2ccccc2)(Oc2ccccc2)(Oc2ccccc2)N1Oc1ccccc1. The molecule has 0 aromatic heterocycles. The maximum absolute atomic E-state index is 8.06. The summed E-state index contributed by atoms with van der Waals surface area (Å²) < 4.78 is 69.8. The number of benzene rings is 9. The zero-order valence-electron chi connectivity index (χ0n) is 40.2. The third-order valence-electron chi connectivity index (χ3n) is 10.8. The minimum atomic E-state index is -6.76. The van der Waals surface area contributed by atoms with E-state index in [1.54, 1.807) is 109 Å². The molecule has 2 N–H and O–H groups in total. The van der Waals surface area contributed by atoms with Crippen LogP contribution in [0.25, 0.3) is 0 Å². The van der Waals surface area contributed by atoms with E-state index in [9.17, 15) is 0 Å². The van der Waals surface area contributed by atoms with Gasteiger partial charge in [0.25, 0.3) is 0 Å². The molecule has 0 spiro atoms. The molecule has 0 saturated carbocycles. The van der Waals surface area contributed by atoms with E-state index in [0.29, 0.717) is 11.5 Å². The molecular weight excluding hydrogens is 1050 g/mol. The van der Waals surface area contributed by atoms with Gasteiger partial charge in [0.05, 0.1) is 0 Å². The maximum atomic E-state index is 8.06. The van der Waals surface area contributed by atoms with Crippen LogP contribution in [0.15, 0.2) is 278 Å². The van der Waals surface area contributed by atoms with Crippen LogP contribution in [0, 0.1) is 0 Å². The van der Waals surface area contributed by atoms with Gasteiger partial charge in [0, 0.05) is 0 Å². The van der Waals surface area contributed by atoms with Crippen molar-refractivity contribution in [2.45, 2.75) is 0 Å². The van der Waals surface area contributed by atoms with Crippen LogP contribution in [0.2, 0.25) is 0 Å². The molecule has 0 amide bonds. The monoisotopic (exact) mass is 1100 g/mol. The number of rotatable bonds is 19. The molecule has 20 heteroatoms. The Morgan fingerprint density at radius 3 is 1.00 bits per heavy atom. The number of hydrogen-bond acceptors (Lipinski definition) is 15. The topological polar surface area (TPSA) is 135 Å². The molecule has 0 bridgehead atoms. The molecule has 1 aliphatic rings. The molecule has 9 aromatic carbocycles. The number of para-hydroxylation sites is 9. The first kappa shape index (κ1) is 51.4. The van der Waals surface area contributed by atoms with Gasteiger partial charge in [0.2, 0.25) is 0 Å². The summed E-state index contributed by atoms with van der Waals surface area (Å²) in [7, 11) is -17.0. The first-order valence-corrected chi connectivity index (χ1v) is 30.8. The second-order valence-corrected chi connectivity index (χ2v) is 27.2. The molecule has 0 radical (unpaired) electrons. The van der Waals surface area contributed by atoms with Crippen molar-refractivity contribution in [3.05, 3.63) is 273 Å². The summed E-state index contributed by atoms with van der Waals surface area (Å²) in [5.41, 5.74) is 0. The van der Waals surface area contributed by atoms with Gasteiger partial charge in [-0.25, -0.2) is 0 Å². The number of hydrogen-bond donors (Lipinski definition) is 2. The summed E-state index contributed by atoms with van der Waals surface area (Å²) in [6.07, 6.45) is 0. The van der Waals surface area contributed by atoms with Crippen LogP contribution in [0.5, 0.6) is 51.7 Å². The summed E-state index contributed by atoms with van der Waals surface area (Å²) in [5.74, 6) is 2.16. The molecule has 382 valence electrons. The van der Waals surface area contributed by atoms with E-state index in [2.05, 4.69) is 9.72 Å². The third kappa shape index (κ3) is 11.3. The summed E-state index contributed by atoms with van der Waals surface area (Å²) in [6.45, 7) is 0. The van der Waals surface area contributed by atoms with Gasteiger partial charge in [-0.1, -0.05) is 0 Å². The van der Waals surface area contributed by atoms with Crippen molar-refractivity contribution in [1.82, 2.24) is 18.9 Å². The Morgan fingerprint density at radius 2 is 0.667 bits per heavy atom. The van der Waals surface area contributed by atoms with E-state index < -0.39 is 40.6 Å². The van der Waals surface area contributed by atoms with E-state index in [4.69, 9.17) is 50.4 Å². The fourth-order valence-corrected chi connectivity index (χ4v) is 23.8. The summed E-state index contributed by atoms with van der Waals surface area (Å²) >= 11 is 0. The summed E-state index contributed by atoms with van der Waals surface area (Å²) in [4.78, 5) is 22.5. The summed E-state index contributed by atoms with van der Waals surface area (Å²) in [5, 5.41) is 0. The first-order chi connectivity index (χ1) is 36.9. The van der Waals surface area contributed by atoms with Crippen LogP contribution in [-0.2, 0) is 4.52 Å². The Balaban J connectivity index is 1.49. The quantitative estimate of drug-likeness (QED) is 0.0744. The van der Waals surface area contributed by atoms with Crippen molar-refractivity contribution in [3.63, 3.8) is 0 Å². The van der Waals surface area contributed by atoms with Crippen LogP contribution >= 0.6 is 40.6 Å². The Morgan fingerprint density at radius 1 is 0.373 bits per heavy atom. The van der Waals surface area contributed by atoms with E-state index in [1.807, 2.05) is 164 Å². The van der Waals surface area contributed by atoms with Crippen LogP contribution in [0.4, 0.5) is 0 Å². The number of nitrogens with one attached hydrogen (secondary N) is 2. The molecule has 1 aliphatic heterocycles. The molecular formula is C55H52N5O10P5. The van der Waals surface area contributed by atoms with Crippen molar-refractivity contribution >= 4 is 40.6 Å². The Labute approximate surface area is 439 Å². The standard InChI is InChI=1S/C55H52N5O10P5/c1-61-74(66-51-37-19-6-20-38-51,67-52-39-21-7-22-40-52)58-72-56-71-57-73(64-49-33-15-4-16-34-49,65-50-35-17-5-18-36-50)59(62-47-29-11-2-12-30-47)75(68-53-41-23-8-24-42-53,69-54-43-25-9-26-44-54,70-55-45-27-10-28-46-55)60(74)63-48-31-13-3-14-32-48/h2-46,56,58,71-72H,1H3. The predicted molar refractivity (Wildman–Crippen MR) is 300 cm³/mol. The molecule has 0 fully saturated rings. The zero-order chi connectivity index (χ0) is 51.2. The fourth-order valence-electron chi connectivity index (χ4n) is 7.52. The van der Waals surface area contributed by atoms with Crippen molar-refractivity contribution in [2.24, 2.45) is 4.52 Å². The Bertz CT molecular complexity index is 3070. The third-order valence-corrected chi connectivity index (χ3v) is 25.1. The molecule has 75 heavy (non-hydrogen) atoms. The van der Waals surface area contributed by atoms with Crippen molar-refractivity contribution in [2.75, 3.05) is 7.11 Å². The van der Waals surface area contributed by atoms with Crippen LogP contribution in [-0.4, -0.2) is 16.3 Å². The van der Waals surface area contributed by atoms with E-state index in [0.717, 1.165) is 0 Å². The molecule has 1 heterocycles. The van der Waals surface area contributed by atoms with Crippen molar-refractivity contribution in [3.8, 4) is 51.7 Å². The van der Waals surface area contributed by atoms with Gasteiger partial charge in [-0.3, -0.25) is 0 Å². The molecule has 15 nitrogen and oxygen atoms in total. The molecule has 0 saturated heterocycles. The van der Waals surface area contributed by atoms with E-state index in [-0.39, 0.29) is 40.2 Å². The average molecular weight is 1100 g/mol. The second-order valence-electron chi connectivity index (χ2n) is 16.0. The number of nitrogens with zero attached hydrogens (tertiary/aromatic N) is 3. The average Bonchev–Trinajstić information content (AvgIpc) is 3.48. The summed E-state index contributed by atoms with van der Waals surface area (Å²) in [6, 6.07) is 81.4. The van der Waals surface area contributed by atoms with Crippen molar-refractivity contribution in [1.29, 1.82) is 0 Å². The first-order valence-electron chi connectivity index (χ1n) is 23.5. The molecule has 2 atom stereocenters. The minimum absolute atomic E-state index is 0.176. The molecule has 9 aromatic rings. The van der Waals surface area contributed by atoms with Gasteiger partial charge in [-0.05, 0) is 0 Å². The van der Waals surface area contributed by atoms with Gasteiger partial charge in [0.15, 0.2) is 0 Å². The van der Waals surface area contributed by atoms with Gasteiger partial charge in [-0.15, -0.1) is 0 Å². The molecule has 2 unspecified atom stereocenters. The van der Waals surface area contributed by atoms with Crippen molar-refractivity contribution < 1.29 is 45.9 Å². The van der Waals surface area contributed by atoms with Crippen LogP contribution in [0.1, 0.15) is 0 Å². The van der Waals surface area contributed by atoms with Gasteiger partial charge >= 0.3 is 442 Å². The van der Waals surface area contributed by atoms with Gasteiger partial charge in [-0.2, -0.15) is 0 Å². The predicted octanol–water partition coefficient (Wildman–Crippen LogP) is 16.2. The van der Waals surface area contributed by atoms with Gasteiger partial charge in [0.1, 0.15) is 0 Å². The Hall–Kier alpha value is -7.07. The Kier molecular flexibility index (Phi) is 15.9. The van der Waals surface area contributed by atoms with E-state index >= 15 is 0 Å². The van der Waals surface area contributed by atoms with Crippen LogP contribution < -0.4 is 51.1 Å². The second kappa shape index (κ2) is 23.2.